The zero-order valence-corrected chi connectivity index (χ0v) is 10.6. The molecule has 1 unspecified atom stereocenters. The van der Waals surface area contributed by atoms with Crippen molar-refractivity contribution in [3.63, 3.8) is 0 Å². The van der Waals surface area contributed by atoms with Gasteiger partial charge in [0.2, 0.25) is 0 Å². The van der Waals surface area contributed by atoms with Crippen LogP contribution >= 0.6 is 0 Å². The van der Waals surface area contributed by atoms with Crippen molar-refractivity contribution in [1.29, 1.82) is 0 Å². The van der Waals surface area contributed by atoms with E-state index in [4.69, 9.17) is 10.5 Å². The van der Waals surface area contributed by atoms with E-state index >= 15 is 0 Å². The van der Waals surface area contributed by atoms with E-state index in [-0.39, 0.29) is 6.10 Å². The van der Waals surface area contributed by atoms with E-state index in [2.05, 4.69) is 29.2 Å². The van der Waals surface area contributed by atoms with Gasteiger partial charge < -0.3 is 15.4 Å². The van der Waals surface area contributed by atoms with Crippen LogP contribution < -0.4 is 10.6 Å². The topological polar surface area (TPSA) is 38.5 Å². The molecule has 0 bridgehead atoms. The van der Waals surface area contributed by atoms with Crippen LogP contribution in [0.5, 0.6) is 0 Å². The van der Waals surface area contributed by atoms with Gasteiger partial charge in [-0.25, -0.2) is 0 Å². The molecule has 0 fully saturated rings. The molecule has 2 N–H and O–H groups in total. The molecular weight excluding hydrogens is 212 g/mol. The molecule has 0 radical (unpaired) electrons. The van der Waals surface area contributed by atoms with Crippen molar-refractivity contribution in [2.45, 2.75) is 25.4 Å². The monoisotopic (exact) mass is 234 g/mol. The van der Waals surface area contributed by atoms with Gasteiger partial charge in [0.05, 0.1) is 6.10 Å². The largest absolute Gasteiger partial charge is 0.380 e. The number of fused-ring (bicyclic) bond motifs is 1. The van der Waals surface area contributed by atoms with Gasteiger partial charge in [0.15, 0.2) is 0 Å². The van der Waals surface area contributed by atoms with Crippen molar-refractivity contribution < 1.29 is 4.74 Å². The molecule has 1 aliphatic heterocycles. The highest BCUT2D eigenvalue weighted by Gasteiger charge is 2.16. The highest BCUT2D eigenvalue weighted by Crippen LogP contribution is 2.26. The van der Waals surface area contributed by atoms with Crippen molar-refractivity contribution in [3.05, 3.63) is 29.8 Å². The lowest BCUT2D eigenvalue weighted by atomic mass is 10.0. The maximum Gasteiger partial charge on any atom is 0.0710 e. The van der Waals surface area contributed by atoms with E-state index < -0.39 is 0 Å². The third-order valence-electron chi connectivity index (χ3n) is 3.52. The molecule has 0 aliphatic carbocycles. The highest BCUT2D eigenvalue weighted by molar-refractivity contribution is 5.55. The Hall–Kier alpha value is -1.06. The number of hydrogen-bond acceptors (Lipinski definition) is 3. The van der Waals surface area contributed by atoms with Gasteiger partial charge >= 0.3 is 0 Å². The first-order valence-corrected chi connectivity index (χ1v) is 6.41. The molecule has 94 valence electrons. The molecule has 1 heterocycles. The van der Waals surface area contributed by atoms with Crippen LogP contribution in [-0.4, -0.2) is 32.8 Å². The van der Waals surface area contributed by atoms with Crippen LogP contribution in [0.15, 0.2) is 24.3 Å². The maximum atomic E-state index is 5.65. The molecule has 0 amide bonds. The van der Waals surface area contributed by atoms with E-state index in [1.165, 1.54) is 24.1 Å². The number of nitrogens with zero attached hydrogens (tertiary/aromatic N) is 1. The fourth-order valence-corrected chi connectivity index (χ4v) is 2.48. The Balaban J connectivity index is 1.99. The standard InChI is InChI=1S/C14H22N2O/c1-17-13(11-15)8-10-16-9-4-6-12-5-2-3-7-14(12)16/h2-3,5,7,13H,4,6,8-11,15H2,1H3. The minimum Gasteiger partial charge on any atom is -0.380 e. The molecule has 1 aromatic rings. The number of anilines is 1. The first-order valence-electron chi connectivity index (χ1n) is 6.41. The minimum atomic E-state index is 0.184. The molecular formula is C14H22N2O. The third-order valence-corrected chi connectivity index (χ3v) is 3.52. The Labute approximate surface area is 104 Å². The predicted molar refractivity (Wildman–Crippen MR) is 71.4 cm³/mol. The molecule has 2 rings (SSSR count). The Morgan fingerprint density at radius 2 is 2.24 bits per heavy atom. The molecule has 3 nitrogen and oxygen atoms in total. The number of methoxy groups -OCH3 is 1. The lowest BCUT2D eigenvalue weighted by molar-refractivity contribution is 0.104. The van der Waals surface area contributed by atoms with Crippen LogP contribution in [0.2, 0.25) is 0 Å². The Kier molecular flexibility index (Phi) is 4.40. The van der Waals surface area contributed by atoms with Crippen LogP contribution in [0.25, 0.3) is 0 Å². The molecule has 1 atom stereocenters. The summed E-state index contributed by atoms with van der Waals surface area (Å²) in [7, 11) is 1.74. The second-order valence-corrected chi connectivity index (χ2v) is 4.60. The van der Waals surface area contributed by atoms with Crippen LogP contribution in [0.1, 0.15) is 18.4 Å². The van der Waals surface area contributed by atoms with Gasteiger partial charge in [-0.05, 0) is 30.9 Å². The molecule has 0 aromatic heterocycles. The second-order valence-electron chi connectivity index (χ2n) is 4.60. The SMILES string of the molecule is COC(CN)CCN1CCCc2ccccc21. The van der Waals surface area contributed by atoms with Crippen LogP contribution in [0, 0.1) is 0 Å². The second kappa shape index (κ2) is 6.03. The van der Waals surface area contributed by atoms with Crippen molar-refractivity contribution in [2.75, 3.05) is 31.6 Å². The van der Waals surface area contributed by atoms with Gasteiger partial charge in [0, 0.05) is 32.4 Å². The fraction of sp³-hybridized carbons (Fsp3) is 0.571. The number of benzene rings is 1. The number of hydrogen-bond donors (Lipinski definition) is 1. The van der Waals surface area contributed by atoms with Crippen molar-refractivity contribution in [3.8, 4) is 0 Å². The van der Waals surface area contributed by atoms with E-state index in [0.29, 0.717) is 6.54 Å². The number of ether oxygens (including phenoxy) is 1. The zero-order chi connectivity index (χ0) is 12.1. The lowest BCUT2D eigenvalue weighted by Crippen LogP contribution is -2.34. The molecule has 17 heavy (non-hydrogen) atoms. The summed E-state index contributed by atoms with van der Waals surface area (Å²) in [6.07, 6.45) is 3.64. The summed E-state index contributed by atoms with van der Waals surface area (Å²) in [5, 5.41) is 0. The average Bonchev–Trinajstić information content (AvgIpc) is 2.40. The minimum absolute atomic E-state index is 0.184. The summed E-state index contributed by atoms with van der Waals surface area (Å²) in [5.41, 5.74) is 8.52. The van der Waals surface area contributed by atoms with Gasteiger partial charge in [0.1, 0.15) is 0 Å². The van der Waals surface area contributed by atoms with Gasteiger partial charge in [-0.15, -0.1) is 0 Å². The van der Waals surface area contributed by atoms with Gasteiger partial charge in [0.25, 0.3) is 0 Å². The van der Waals surface area contributed by atoms with Crippen LogP contribution in [0.4, 0.5) is 5.69 Å². The van der Waals surface area contributed by atoms with Gasteiger partial charge in [-0.2, -0.15) is 0 Å². The molecule has 3 heteroatoms. The normalized spacial score (nSPS) is 16.7. The number of rotatable bonds is 5. The van der Waals surface area contributed by atoms with Crippen molar-refractivity contribution in [1.82, 2.24) is 0 Å². The first kappa shape index (κ1) is 12.4. The van der Waals surface area contributed by atoms with E-state index in [0.717, 1.165) is 19.5 Å². The molecule has 1 aromatic carbocycles. The summed E-state index contributed by atoms with van der Waals surface area (Å²) in [5.74, 6) is 0. The smallest absolute Gasteiger partial charge is 0.0710 e. The highest BCUT2D eigenvalue weighted by atomic mass is 16.5. The Bertz CT molecular complexity index is 350. The molecule has 0 saturated heterocycles. The van der Waals surface area contributed by atoms with E-state index in [1.54, 1.807) is 7.11 Å². The summed E-state index contributed by atoms with van der Waals surface area (Å²) in [6, 6.07) is 8.70. The zero-order valence-electron chi connectivity index (χ0n) is 10.6. The van der Waals surface area contributed by atoms with Crippen molar-refractivity contribution in [2.24, 2.45) is 5.73 Å². The van der Waals surface area contributed by atoms with Gasteiger partial charge in [-0.1, -0.05) is 18.2 Å². The molecule has 0 saturated carbocycles. The van der Waals surface area contributed by atoms with Crippen LogP contribution in [-0.2, 0) is 11.2 Å². The lowest BCUT2D eigenvalue weighted by Gasteiger charge is -2.32. The summed E-state index contributed by atoms with van der Waals surface area (Å²) in [4.78, 5) is 2.46. The molecule has 1 aliphatic rings. The van der Waals surface area contributed by atoms with E-state index in [1.807, 2.05) is 0 Å². The predicted octanol–water partition coefficient (Wildman–Crippen LogP) is 1.80. The Morgan fingerprint density at radius 3 is 3.00 bits per heavy atom. The summed E-state index contributed by atoms with van der Waals surface area (Å²) in [6.45, 7) is 2.79. The third kappa shape index (κ3) is 2.99. The maximum absolute atomic E-state index is 5.65. The van der Waals surface area contributed by atoms with Gasteiger partial charge in [-0.3, -0.25) is 0 Å². The quantitative estimate of drug-likeness (QED) is 0.844. The Morgan fingerprint density at radius 1 is 1.41 bits per heavy atom. The fourth-order valence-electron chi connectivity index (χ4n) is 2.48. The molecule has 0 spiro atoms. The number of aryl methyl sites for hydroxylation is 1. The first-order chi connectivity index (χ1) is 8.35. The summed E-state index contributed by atoms with van der Waals surface area (Å²) >= 11 is 0. The summed E-state index contributed by atoms with van der Waals surface area (Å²) < 4.78 is 5.33. The number of para-hydroxylation sites is 1. The van der Waals surface area contributed by atoms with E-state index in [9.17, 15) is 0 Å². The van der Waals surface area contributed by atoms with Crippen molar-refractivity contribution >= 4 is 5.69 Å². The average molecular weight is 234 g/mol. The number of nitrogens with two attached hydrogens (primary N) is 1. The van der Waals surface area contributed by atoms with Crippen LogP contribution in [0.3, 0.4) is 0 Å².